The van der Waals surface area contributed by atoms with Gasteiger partial charge in [0.1, 0.15) is 5.76 Å². The highest BCUT2D eigenvalue weighted by Gasteiger charge is 2.43. The van der Waals surface area contributed by atoms with Crippen LogP contribution in [0.1, 0.15) is 64.2 Å². The van der Waals surface area contributed by atoms with Crippen LogP contribution in [0.4, 0.5) is 0 Å². The van der Waals surface area contributed by atoms with Crippen LogP contribution in [-0.4, -0.2) is 76.6 Å². The van der Waals surface area contributed by atoms with Gasteiger partial charge in [0.05, 0.1) is 12.0 Å². The Labute approximate surface area is 211 Å². The normalized spacial score (nSPS) is 31.1. The maximum absolute atomic E-state index is 13.3. The van der Waals surface area contributed by atoms with Crippen LogP contribution < -0.4 is 0 Å². The van der Waals surface area contributed by atoms with E-state index < -0.39 is 0 Å². The Morgan fingerprint density at radius 2 is 1.89 bits per heavy atom. The van der Waals surface area contributed by atoms with Gasteiger partial charge in [-0.1, -0.05) is 37.1 Å². The van der Waals surface area contributed by atoms with E-state index in [4.69, 9.17) is 0 Å². The molecular weight excluding hydrogens is 434 g/mol. The van der Waals surface area contributed by atoms with Gasteiger partial charge in [-0.3, -0.25) is 14.6 Å². The van der Waals surface area contributed by atoms with Crippen LogP contribution in [0.2, 0.25) is 0 Å². The monoisotopic (exact) mass is 477 g/mol. The lowest BCUT2D eigenvalue weighted by Gasteiger charge is -2.40. The first kappa shape index (κ1) is 24.6. The predicted molar refractivity (Wildman–Crippen MR) is 142 cm³/mol. The molecule has 2 bridgehead atoms. The molecule has 5 heteroatoms. The zero-order chi connectivity index (χ0) is 24.2. The molecule has 5 aliphatic rings. The van der Waals surface area contributed by atoms with Crippen molar-refractivity contribution in [2.24, 2.45) is 5.92 Å². The zero-order valence-corrected chi connectivity index (χ0v) is 21.3. The molecule has 0 spiro atoms. The van der Waals surface area contributed by atoms with Crippen molar-refractivity contribution < 1.29 is 9.90 Å². The van der Waals surface area contributed by atoms with Gasteiger partial charge in [0.15, 0.2) is 0 Å². The third kappa shape index (κ3) is 5.51. The number of hydrogen-bond donors (Lipinski definition) is 1. The summed E-state index contributed by atoms with van der Waals surface area (Å²) in [4.78, 5) is 20.7. The number of likely N-dealkylation sites (tertiary alicyclic amines) is 2. The molecule has 4 atom stereocenters. The summed E-state index contributed by atoms with van der Waals surface area (Å²) in [5.41, 5.74) is 2.65. The van der Waals surface area contributed by atoms with Gasteiger partial charge in [-0.15, -0.1) is 6.58 Å². The Morgan fingerprint density at radius 3 is 2.60 bits per heavy atom. The van der Waals surface area contributed by atoms with Crippen LogP contribution in [0.25, 0.3) is 0 Å². The zero-order valence-electron chi connectivity index (χ0n) is 21.3. The molecule has 0 aromatic rings. The lowest BCUT2D eigenvalue weighted by molar-refractivity contribution is -0.133. The Morgan fingerprint density at radius 1 is 1.09 bits per heavy atom. The minimum atomic E-state index is -0.0323. The van der Waals surface area contributed by atoms with E-state index in [-0.39, 0.29) is 12.0 Å². The quantitative estimate of drug-likeness (QED) is 0.538. The Kier molecular flexibility index (Phi) is 7.94. The lowest BCUT2D eigenvalue weighted by atomic mass is 9.84. The second-order valence-electron chi connectivity index (χ2n) is 11.1. The molecule has 3 aliphatic heterocycles. The first-order valence-corrected chi connectivity index (χ1v) is 14.0. The molecule has 3 fully saturated rings. The van der Waals surface area contributed by atoms with Gasteiger partial charge in [0.2, 0.25) is 5.91 Å². The summed E-state index contributed by atoms with van der Waals surface area (Å²) in [5.74, 6) is 0.679. The van der Waals surface area contributed by atoms with E-state index in [1.54, 1.807) is 0 Å². The first-order valence-electron chi connectivity index (χ1n) is 14.0. The van der Waals surface area contributed by atoms with E-state index in [2.05, 4.69) is 39.5 Å². The Hall–Kier alpha value is -2.11. The maximum Gasteiger partial charge on any atom is 0.229 e. The SMILES string of the molecule is C=CCN1CCC2CCC(C1)N2C(C1=CCC(C(=O)N2CCCCCC2)C=C1)C1=CC(O)=CCC1. The molecular formula is C30H43N3O2. The minimum Gasteiger partial charge on any atom is -0.508 e. The lowest BCUT2D eigenvalue weighted by Crippen LogP contribution is -2.47. The standard InChI is InChI=1S/C30H43N3O2/c1-2-17-31-20-16-26-14-15-27(22-31)33(26)29(25-8-7-9-28(34)21-25)23-10-12-24(13-11-23)30(35)32-18-5-3-4-6-19-32/h2,9-12,21,24,26-27,29,34H,1,3-8,13-20,22H2. The van der Waals surface area contributed by atoms with Crippen LogP contribution in [0.5, 0.6) is 0 Å². The number of carbonyl (C=O) groups excluding carboxylic acids is 1. The molecule has 2 aliphatic carbocycles. The highest BCUT2D eigenvalue weighted by Crippen LogP contribution is 2.40. The third-order valence-electron chi connectivity index (χ3n) is 8.76. The third-order valence-corrected chi connectivity index (χ3v) is 8.76. The van der Waals surface area contributed by atoms with Crippen molar-refractivity contribution in [2.75, 3.05) is 32.7 Å². The molecule has 0 saturated carbocycles. The van der Waals surface area contributed by atoms with Crippen molar-refractivity contribution in [2.45, 2.75) is 82.3 Å². The van der Waals surface area contributed by atoms with Gasteiger partial charge in [-0.05, 0) is 74.7 Å². The fourth-order valence-corrected chi connectivity index (χ4v) is 7.00. The topological polar surface area (TPSA) is 47.0 Å². The number of hydrogen-bond acceptors (Lipinski definition) is 4. The van der Waals surface area contributed by atoms with Crippen molar-refractivity contribution in [3.8, 4) is 0 Å². The largest absolute Gasteiger partial charge is 0.508 e. The molecule has 1 amide bonds. The van der Waals surface area contributed by atoms with Gasteiger partial charge in [-0.2, -0.15) is 0 Å². The summed E-state index contributed by atoms with van der Waals surface area (Å²) in [6.07, 6.45) is 23.9. The summed E-state index contributed by atoms with van der Waals surface area (Å²) in [7, 11) is 0. The summed E-state index contributed by atoms with van der Waals surface area (Å²) < 4.78 is 0. The smallest absolute Gasteiger partial charge is 0.229 e. The number of rotatable bonds is 6. The fraction of sp³-hybridized carbons (Fsp3) is 0.633. The highest BCUT2D eigenvalue weighted by atomic mass is 16.3. The molecule has 3 heterocycles. The van der Waals surface area contributed by atoms with Gasteiger partial charge in [0.25, 0.3) is 0 Å². The minimum absolute atomic E-state index is 0.0323. The first-order chi connectivity index (χ1) is 17.1. The maximum atomic E-state index is 13.3. The summed E-state index contributed by atoms with van der Waals surface area (Å²) >= 11 is 0. The van der Waals surface area contributed by atoms with Crippen molar-refractivity contribution in [3.63, 3.8) is 0 Å². The molecule has 1 N–H and O–H groups in total. The summed E-state index contributed by atoms with van der Waals surface area (Å²) in [6.45, 7) is 8.97. The van der Waals surface area contributed by atoms with Crippen LogP contribution in [0.15, 0.2) is 59.9 Å². The van der Waals surface area contributed by atoms with Crippen LogP contribution >= 0.6 is 0 Å². The molecule has 4 unspecified atom stereocenters. The van der Waals surface area contributed by atoms with Gasteiger partial charge in [0, 0.05) is 44.8 Å². The van der Waals surface area contributed by atoms with Crippen molar-refractivity contribution in [1.82, 2.24) is 14.7 Å². The Bertz CT molecular complexity index is 909. The highest BCUT2D eigenvalue weighted by molar-refractivity contribution is 5.81. The van der Waals surface area contributed by atoms with Crippen LogP contribution in [0.3, 0.4) is 0 Å². The molecule has 0 aromatic heterocycles. The van der Waals surface area contributed by atoms with Crippen molar-refractivity contribution in [3.05, 3.63) is 59.9 Å². The number of carbonyl (C=O) groups is 1. The predicted octanol–water partition coefficient (Wildman–Crippen LogP) is 5.15. The van der Waals surface area contributed by atoms with Crippen LogP contribution in [-0.2, 0) is 4.79 Å². The molecule has 3 saturated heterocycles. The number of allylic oxidation sites excluding steroid dienone is 3. The molecule has 0 aromatic carbocycles. The van der Waals surface area contributed by atoms with Crippen molar-refractivity contribution in [1.29, 1.82) is 0 Å². The molecule has 0 radical (unpaired) electrons. The fourth-order valence-electron chi connectivity index (χ4n) is 7.00. The average molecular weight is 478 g/mol. The number of fused-ring (bicyclic) bond motifs is 2. The van der Waals surface area contributed by atoms with E-state index >= 15 is 0 Å². The van der Waals surface area contributed by atoms with Crippen LogP contribution in [0, 0.1) is 5.92 Å². The molecule has 5 nitrogen and oxygen atoms in total. The van der Waals surface area contributed by atoms with Gasteiger partial charge < -0.3 is 10.0 Å². The van der Waals surface area contributed by atoms with E-state index in [0.717, 1.165) is 64.8 Å². The van der Waals surface area contributed by atoms with Gasteiger partial charge >= 0.3 is 0 Å². The molecule has 190 valence electrons. The number of nitrogens with zero attached hydrogens (tertiary/aromatic N) is 3. The summed E-state index contributed by atoms with van der Waals surface area (Å²) in [5, 5.41) is 10.4. The second kappa shape index (κ2) is 11.3. The average Bonchev–Trinajstić information content (AvgIpc) is 3.02. The molecule has 35 heavy (non-hydrogen) atoms. The molecule has 5 rings (SSSR count). The number of aliphatic hydroxyl groups excluding tert-OH is 1. The number of aliphatic hydroxyl groups is 1. The van der Waals surface area contributed by atoms with Gasteiger partial charge in [-0.25, -0.2) is 0 Å². The number of amides is 1. The summed E-state index contributed by atoms with van der Waals surface area (Å²) in [6, 6.07) is 1.28. The van der Waals surface area contributed by atoms with E-state index in [9.17, 15) is 9.90 Å². The second-order valence-corrected chi connectivity index (χ2v) is 11.1. The van der Waals surface area contributed by atoms with E-state index in [1.165, 1.54) is 43.3 Å². The van der Waals surface area contributed by atoms with Crippen molar-refractivity contribution >= 4 is 5.91 Å². The Balaban J connectivity index is 1.38. The van der Waals surface area contributed by atoms with E-state index in [0.29, 0.717) is 23.8 Å². The van der Waals surface area contributed by atoms with E-state index in [1.807, 2.05) is 18.2 Å².